The molecule has 4 aromatic rings. The molecule has 1 N–H and O–H groups in total. The summed E-state index contributed by atoms with van der Waals surface area (Å²) < 4.78 is 39.0. The lowest BCUT2D eigenvalue weighted by Crippen LogP contribution is -2.38. The van der Waals surface area contributed by atoms with E-state index in [2.05, 4.69) is 10.2 Å². The quantitative estimate of drug-likeness (QED) is 0.312. The first-order valence-electron chi connectivity index (χ1n) is 12.6. The topological polar surface area (TPSA) is 63.7 Å². The first kappa shape index (κ1) is 25.8. The fraction of sp³-hybridized carbons (Fsp3) is 0.267. The third kappa shape index (κ3) is 6.15. The summed E-state index contributed by atoms with van der Waals surface area (Å²) in [5.74, 6) is -2.62. The number of pyridine rings is 1. The molecule has 6 nitrogen and oxygen atoms in total. The number of anilines is 1. The first-order chi connectivity index (χ1) is 18.4. The number of morpholine rings is 1. The van der Waals surface area contributed by atoms with Crippen molar-refractivity contribution < 1.29 is 23.0 Å². The zero-order valence-electron chi connectivity index (χ0n) is 21.1. The van der Waals surface area contributed by atoms with Gasteiger partial charge in [-0.25, -0.2) is 13.8 Å². The normalized spacial score (nSPS) is 14.4. The summed E-state index contributed by atoms with van der Waals surface area (Å²) in [6, 6.07) is 22.4. The Bertz CT molecular complexity index is 1430. The van der Waals surface area contributed by atoms with Gasteiger partial charge in [0.05, 0.1) is 30.1 Å². The molecule has 1 aromatic heterocycles. The third-order valence-corrected chi connectivity index (χ3v) is 6.51. The largest absolute Gasteiger partial charge is 0.492 e. The van der Waals surface area contributed by atoms with Gasteiger partial charge in [0.1, 0.15) is 12.4 Å². The molecule has 0 spiro atoms. The molecule has 38 heavy (non-hydrogen) atoms. The smallest absolute Gasteiger partial charge is 0.270 e. The molecule has 1 saturated heterocycles. The minimum atomic E-state index is -2.95. The molecule has 196 valence electrons. The second-order valence-corrected chi connectivity index (χ2v) is 9.33. The van der Waals surface area contributed by atoms with Crippen molar-refractivity contribution in [3.8, 4) is 17.0 Å². The van der Waals surface area contributed by atoms with E-state index in [9.17, 15) is 13.6 Å². The Morgan fingerprint density at radius 3 is 2.63 bits per heavy atom. The van der Waals surface area contributed by atoms with E-state index >= 15 is 0 Å². The summed E-state index contributed by atoms with van der Waals surface area (Å²) in [4.78, 5) is 20.1. The van der Waals surface area contributed by atoms with E-state index in [-0.39, 0.29) is 11.5 Å². The number of rotatable bonds is 8. The van der Waals surface area contributed by atoms with Crippen LogP contribution in [0.15, 0.2) is 78.9 Å². The van der Waals surface area contributed by atoms with Crippen molar-refractivity contribution >= 4 is 22.5 Å². The molecular formula is C30H29F2N3O3. The number of para-hydroxylation sites is 1. The van der Waals surface area contributed by atoms with Gasteiger partial charge in [0.2, 0.25) is 0 Å². The van der Waals surface area contributed by atoms with Crippen molar-refractivity contribution in [3.63, 3.8) is 0 Å². The number of halogens is 2. The lowest BCUT2D eigenvalue weighted by molar-refractivity contribution is 0.0175. The summed E-state index contributed by atoms with van der Waals surface area (Å²) in [5.41, 5.74) is 2.61. The highest BCUT2D eigenvalue weighted by Gasteiger charge is 2.24. The van der Waals surface area contributed by atoms with Gasteiger partial charge in [0, 0.05) is 48.6 Å². The average molecular weight is 518 g/mol. The third-order valence-electron chi connectivity index (χ3n) is 6.51. The number of nitrogens with one attached hydrogen (secondary N) is 1. The van der Waals surface area contributed by atoms with Crippen LogP contribution in [0, 0.1) is 0 Å². The van der Waals surface area contributed by atoms with E-state index in [0.717, 1.165) is 45.2 Å². The Morgan fingerprint density at radius 1 is 1.03 bits per heavy atom. The van der Waals surface area contributed by atoms with Gasteiger partial charge in [0.15, 0.2) is 0 Å². The van der Waals surface area contributed by atoms with Gasteiger partial charge < -0.3 is 14.8 Å². The summed E-state index contributed by atoms with van der Waals surface area (Å²) in [5, 5.41) is 3.77. The Kier molecular flexibility index (Phi) is 7.62. The number of fused-ring (bicyclic) bond motifs is 1. The fourth-order valence-electron chi connectivity index (χ4n) is 4.40. The molecule has 0 bridgehead atoms. The number of benzene rings is 3. The molecule has 0 unspecified atom stereocenters. The minimum absolute atomic E-state index is 0.0782. The van der Waals surface area contributed by atoms with Gasteiger partial charge in [-0.2, -0.15) is 0 Å². The number of hydrogen-bond acceptors (Lipinski definition) is 5. The molecule has 3 aromatic carbocycles. The maximum Gasteiger partial charge on any atom is 0.270 e. The van der Waals surface area contributed by atoms with E-state index in [1.807, 2.05) is 24.3 Å². The van der Waals surface area contributed by atoms with Gasteiger partial charge in [-0.15, -0.1) is 0 Å². The molecule has 5 rings (SSSR count). The maximum absolute atomic E-state index is 13.9. The number of carbonyl (C=O) groups excluding carboxylic acids is 1. The van der Waals surface area contributed by atoms with Crippen molar-refractivity contribution in [2.75, 3.05) is 44.8 Å². The van der Waals surface area contributed by atoms with Crippen molar-refractivity contribution in [1.29, 1.82) is 0 Å². The van der Waals surface area contributed by atoms with Crippen LogP contribution in [0.1, 0.15) is 22.8 Å². The molecule has 0 atom stereocenters. The second-order valence-electron chi connectivity index (χ2n) is 9.33. The highest BCUT2D eigenvalue weighted by atomic mass is 19.3. The number of nitrogens with zero attached hydrogens (tertiary/aromatic N) is 2. The van der Waals surface area contributed by atoms with Crippen molar-refractivity contribution in [2.45, 2.75) is 12.8 Å². The molecule has 0 radical (unpaired) electrons. The molecule has 1 aliphatic rings. The Hall–Kier alpha value is -3.88. The molecule has 8 heteroatoms. The summed E-state index contributed by atoms with van der Waals surface area (Å²) in [6.07, 6.45) is 0. The maximum atomic E-state index is 13.9. The van der Waals surface area contributed by atoms with E-state index in [1.165, 1.54) is 12.1 Å². The Labute approximate surface area is 220 Å². The summed E-state index contributed by atoms with van der Waals surface area (Å²) in [6.45, 7) is 5.45. The van der Waals surface area contributed by atoms with Crippen molar-refractivity contribution in [1.82, 2.24) is 9.88 Å². The summed E-state index contributed by atoms with van der Waals surface area (Å²) >= 11 is 0. The van der Waals surface area contributed by atoms with Crippen molar-refractivity contribution in [2.24, 2.45) is 0 Å². The highest BCUT2D eigenvalue weighted by Crippen LogP contribution is 2.31. The number of aromatic nitrogens is 1. The van der Waals surface area contributed by atoms with Crippen LogP contribution < -0.4 is 10.1 Å². The van der Waals surface area contributed by atoms with E-state index in [0.29, 0.717) is 40.4 Å². The standard InChI is InChI=1S/C30H29F2N3O3/c1-30(31,32)24-8-2-6-22(19-24)26-12-11-21-5-4-10-27(28(21)33-26)34-29(36)23-7-3-9-25(20-23)38-18-15-35-13-16-37-17-14-35/h2-12,19-20H,13-18H2,1H3,(H,34,36). The molecule has 0 aliphatic carbocycles. The van der Waals surface area contributed by atoms with Gasteiger partial charge in [-0.05, 0) is 36.4 Å². The van der Waals surface area contributed by atoms with Crippen LogP contribution >= 0.6 is 0 Å². The number of carbonyl (C=O) groups is 1. The van der Waals surface area contributed by atoms with Gasteiger partial charge in [-0.3, -0.25) is 9.69 Å². The molecule has 0 saturated carbocycles. The predicted molar refractivity (Wildman–Crippen MR) is 144 cm³/mol. The first-order valence-corrected chi connectivity index (χ1v) is 12.6. The highest BCUT2D eigenvalue weighted by molar-refractivity contribution is 6.08. The van der Waals surface area contributed by atoms with Crippen LogP contribution in [0.4, 0.5) is 14.5 Å². The molecule has 2 heterocycles. The van der Waals surface area contributed by atoms with Gasteiger partial charge in [-0.1, -0.05) is 42.5 Å². The summed E-state index contributed by atoms with van der Waals surface area (Å²) in [7, 11) is 0. The van der Waals surface area contributed by atoms with Crippen molar-refractivity contribution in [3.05, 3.63) is 90.0 Å². The molecule has 1 fully saturated rings. The van der Waals surface area contributed by atoms with Crippen LogP contribution in [-0.4, -0.2) is 55.2 Å². The van der Waals surface area contributed by atoms with E-state index in [4.69, 9.17) is 14.5 Å². The SMILES string of the molecule is CC(F)(F)c1cccc(-c2ccc3cccc(NC(=O)c4cccc(OCCN5CCOCC5)c4)c3n2)c1. The minimum Gasteiger partial charge on any atom is -0.492 e. The number of hydrogen-bond donors (Lipinski definition) is 1. The van der Waals surface area contributed by atoms with Crippen LogP contribution in [0.2, 0.25) is 0 Å². The van der Waals surface area contributed by atoms with Crippen LogP contribution in [0.3, 0.4) is 0 Å². The number of ether oxygens (including phenoxy) is 2. The van der Waals surface area contributed by atoms with Crippen LogP contribution in [-0.2, 0) is 10.7 Å². The molecular weight excluding hydrogens is 488 g/mol. The fourth-order valence-corrected chi connectivity index (χ4v) is 4.40. The average Bonchev–Trinajstić information content (AvgIpc) is 2.93. The number of alkyl halides is 2. The van der Waals surface area contributed by atoms with Crippen LogP contribution in [0.25, 0.3) is 22.2 Å². The van der Waals surface area contributed by atoms with E-state index < -0.39 is 5.92 Å². The predicted octanol–water partition coefficient (Wildman–Crippen LogP) is 5.98. The zero-order valence-corrected chi connectivity index (χ0v) is 21.1. The lowest BCUT2D eigenvalue weighted by atomic mass is 10.0. The Morgan fingerprint density at radius 2 is 1.82 bits per heavy atom. The lowest BCUT2D eigenvalue weighted by Gasteiger charge is -2.26. The monoisotopic (exact) mass is 517 g/mol. The van der Waals surface area contributed by atoms with Crippen LogP contribution in [0.5, 0.6) is 5.75 Å². The Balaban J connectivity index is 1.33. The zero-order chi connectivity index (χ0) is 26.5. The van der Waals surface area contributed by atoms with Gasteiger partial charge in [0.25, 0.3) is 11.8 Å². The second kappa shape index (κ2) is 11.2. The van der Waals surface area contributed by atoms with Gasteiger partial charge >= 0.3 is 0 Å². The molecule has 1 amide bonds. The molecule has 1 aliphatic heterocycles. The number of amides is 1. The van der Waals surface area contributed by atoms with E-state index in [1.54, 1.807) is 42.5 Å².